The van der Waals surface area contributed by atoms with Gasteiger partial charge in [0.25, 0.3) is 0 Å². The van der Waals surface area contributed by atoms with E-state index in [0.29, 0.717) is 12.5 Å². The SMILES string of the molecule is COc1ccc(C(CN)N2CCC(O)C(C)C2)cc1. The Kier molecular flexibility index (Phi) is 4.80. The molecule has 1 saturated heterocycles. The van der Waals surface area contributed by atoms with Crippen LogP contribution in [0, 0.1) is 5.92 Å². The van der Waals surface area contributed by atoms with Crippen LogP contribution in [0.2, 0.25) is 0 Å². The lowest BCUT2D eigenvalue weighted by Gasteiger charge is -2.39. The highest BCUT2D eigenvalue weighted by Gasteiger charge is 2.28. The standard InChI is InChI=1S/C15H24N2O2/c1-11-10-17(8-7-15(11)18)14(9-16)12-3-5-13(19-2)6-4-12/h3-6,11,14-15,18H,7-10,16H2,1-2H3. The Balaban J connectivity index is 2.10. The molecule has 1 aliphatic rings. The van der Waals surface area contributed by atoms with Crippen LogP contribution >= 0.6 is 0 Å². The Labute approximate surface area is 115 Å². The number of hydrogen-bond donors (Lipinski definition) is 2. The molecule has 0 aliphatic carbocycles. The molecular formula is C15H24N2O2. The summed E-state index contributed by atoms with van der Waals surface area (Å²) in [6, 6.07) is 8.32. The van der Waals surface area contributed by atoms with Gasteiger partial charge < -0.3 is 15.6 Å². The number of likely N-dealkylation sites (tertiary alicyclic amines) is 1. The molecule has 0 bridgehead atoms. The number of aliphatic hydroxyl groups is 1. The van der Waals surface area contributed by atoms with Gasteiger partial charge in [-0.3, -0.25) is 4.90 Å². The minimum atomic E-state index is -0.175. The third kappa shape index (κ3) is 3.26. The van der Waals surface area contributed by atoms with Crippen molar-refractivity contribution in [2.24, 2.45) is 11.7 Å². The summed E-state index contributed by atoms with van der Waals surface area (Å²) in [7, 11) is 1.67. The van der Waals surface area contributed by atoms with Crippen LogP contribution in [0.15, 0.2) is 24.3 Å². The molecule has 0 saturated carbocycles. The molecule has 4 heteroatoms. The number of nitrogens with two attached hydrogens (primary N) is 1. The second-order valence-electron chi connectivity index (χ2n) is 5.35. The van der Waals surface area contributed by atoms with Crippen LogP contribution in [0.25, 0.3) is 0 Å². The quantitative estimate of drug-likeness (QED) is 0.863. The highest BCUT2D eigenvalue weighted by molar-refractivity contribution is 5.29. The van der Waals surface area contributed by atoms with Crippen LogP contribution in [0.5, 0.6) is 5.75 Å². The maximum Gasteiger partial charge on any atom is 0.118 e. The number of rotatable bonds is 4. The number of ether oxygens (including phenoxy) is 1. The van der Waals surface area contributed by atoms with E-state index in [0.717, 1.165) is 25.3 Å². The van der Waals surface area contributed by atoms with E-state index < -0.39 is 0 Å². The van der Waals surface area contributed by atoms with Crippen LogP contribution < -0.4 is 10.5 Å². The monoisotopic (exact) mass is 264 g/mol. The molecule has 0 radical (unpaired) electrons. The molecule has 2 rings (SSSR count). The van der Waals surface area contributed by atoms with Crippen molar-refractivity contribution < 1.29 is 9.84 Å². The van der Waals surface area contributed by atoms with Gasteiger partial charge in [0.2, 0.25) is 0 Å². The van der Waals surface area contributed by atoms with E-state index in [4.69, 9.17) is 10.5 Å². The summed E-state index contributed by atoms with van der Waals surface area (Å²) >= 11 is 0. The Morgan fingerprint density at radius 3 is 2.63 bits per heavy atom. The molecule has 0 aromatic heterocycles. The van der Waals surface area contributed by atoms with Gasteiger partial charge in [-0.05, 0) is 30.0 Å². The van der Waals surface area contributed by atoms with E-state index in [1.54, 1.807) is 7.11 Å². The molecule has 3 N–H and O–H groups in total. The van der Waals surface area contributed by atoms with Crippen molar-refractivity contribution in [2.75, 3.05) is 26.7 Å². The number of piperidine rings is 1. The molecule has 1 aromatic carbocycles. The first-order chi connectivity index (χ1) is 9.15. The number of nitrogens with zero attached hydrogens (tertiary/aromatic N) is 1. The van der Waals surface area contributed by atoms with Gasteiger partial charge in [-0.15, -0.1) is 0 Å². The lowest BCUT2D eigenvalue weighted by Crippen LogP contribution is -2.45. The predicted molar refractivity (Wildman–Crippen MR) is 76.2 cm³/mol. The van der Waals surface area contributed by atoms with E-state index in [-0.39, 0.29) is 12.1 Å². The molecule has 4 nitrogen and oxygen atoms in total. The van der Waals surface area contributed by atoms with Gasteiger partial charge >= 0.3 is 0 Å². The van der Waals surface area contributed by atoms with Gasteiger partial charge in [0, 0.05) is 25.7 Å². The molecular weight excluding hydrogens is 240 g/mol. The van der Waals surface area contributed by atoms with Crippen molar-refractivity contribution in [3.05, 3.63) is 29.8 Å². The molecule has 3 atom stereocenters. The van der Waals surface area contributed by atoms with Crippen LogP contribution in [-0.2, 0) is 0 Å². The minimum absolute atomic E-state index is 0.175. The third-order valence-corrected chi connectivity index (χ3v) is 4.06. The van der Waals surface area contributed by atoms with Gasteiger partial charge in [0.15, 0.2) is 0 Å². The van der Waals surface area contributed by atoms with Crippen molar-refractivity contribution >= 4 is 0 Å². The smallest absolute Gasteiger partial charge is 0.118 e. The second kappa shape index (κ2) is 6.37. The first-order valence-electron chi connectivity index (χ1n) is 6.91. The summed E-state index contributed by atoms with van der Waals surface area (Å²) in [6.07, 6.45) is 0.652. The van der Waals surface area contributed by atoms with Crippen LogP contribution in [-0.4, -0.2) is 42.9 Å². The predicted octanol–water partition coefficient (Wildman–Crippen LogP) is 1.40. The minimum Gasteiger partial charge on any atom is -0.497 e. The van der Waals surface area contributed by atoms with Crippen molar-refractivity contribution in [3.8, 4) is 5.75 Å². The maximum absolute atomic E-state index is 9.81. The van der Waals surface area contributed by atoms with Crippen LogP contribution in [0.3, 0.4) is 0 Å². The van der Waals surface area contributed by atoms with E-state index in [9.17, 15) is 5.11 Å². The zero-order valence-corrected chi connectivity index (χ0v) is 11.7. The average Bonchev–Trinajstić information content (AvgIpc) is 2.44. The second-order valence-corrected chi connectivity index (χ2v) is 5.35. The molecule has 0 spiro atoms. The fraction of sp³-hybridized carbons (Fsp3) is 0.600. The van der Waals surface area contributed by atoms with E-state index in [1.807, 2.05) is 12.1 Å². The van der Waals surface area contributed by atoms with E-state index >= 15 is 0 Å². The molecule has 3 unspecified atom stereocenters. The van der Waals surface area contributed by atoms with Crippen LogP contribution in [0.4, 0.5) is 0 Å². The first kappa shape index (κ1) is 14.3. The van der Waals surface area contributed by atoms with Crippen molar-refractivity contribution in [3.63, 3.8) is 0 Å². The van der Waals surface area contributed by atoms with E-state index in [2.05, 4.69) is 24.0 Å². The Bertz CT molecular complexity index is 394. The average molecular weight is 264 g/mol. The van der Waals surface area contributed by atoms with Crippen molar-refractivity contribution in [2.45, 2.75) is 25.5 Å². The Morgan fingerprint density at radius 2 is 2.11 bits per heavy atom. The fourth-order valence-corrected chi connectivity index (χ4v) is 2.77. The zero-order chi connectivity index (χ0) is 13.8. The van der Waals surface area contributed by atoms with Gasteiger partial charge in [0.05, 0.1) is 13.2 Å². The summed E-state index contributed by atoms with van der Waals surface area (Å²) in [5.41, 5.74) is 7.17. The Hall–Kier alpha value is -1.10. The highest BCUT2D eigenvalue weighted by Crippen LogP contribution is 2.27. The maximum atomic E-state index is 9.81. The zero-order valence-electron chi connectivity index (χ0n) is 11.7. The molecule has 1 heterocycles. The van der Waals surface area contributed by atoms with Crippen molar-refractivity contribution in [1.82, 2.24) is 4.90 Å². The van der Waals surface area contributed by atoms with Gasteiger partial charge in [-0.2, -0.15) is 0 Å². The summed E-state index contributed by atoms with van der Waals surface area (Å²) in [5.74, 6) is 1.17. The number of aliphatic hydroxyl groups excluding tert-OH is 1. The summed E-state index contributed by atoms with van der Waals surface area (Å²) in [5, 5.41) is 9.81. The highest BCUT2D eigenvalue weighted by atomic mass is 16.5. The van der Waals surface area contributed by atoms with Crippen molar-refractivity contribution in [1.29, 1.82) is 0 Å². The molecule has 1 fully saturated rings. The lowest BCUT2D eigenvalue weighted by atomic mass is 9.93. The molecule has 106 valence electrons. The van der Waals surface area contributed by atoms with Gasteiger partial charge in [-0.25, -0.2) is 0 Å². The van der Waals surface area contributed by atoms with E-state index in [1.165, 1.54) is 5.56 Å². The topological polar surface area (TPSA) is 58.7 Å². The number of hydrogen-bond acceptors (Lipinski definition) is 4. The van der Waals surface area contributed by atoms with Gasteiger partial charge in [0.1, 0.15) is 5.75 Å². The molecule has 1 aliphatic heterocycles. The number of methoxy groups -OCH3 is 1. The molecule has 19 heavy (non-hydrogen) atoms. The summed E-state index contributed by atoms with van der Waals surface area (Å²) in [6.45, 7) is 4.49. The normalized spacial score (nSPS) is 26.1. The van der Waals surface area contributed by atoms with Gasteiger partial charge in [-0.1, -0.05) is 19.1 Å². The third-order valence-electron chi connectivity index (χ3n) is 4.06. The molecule has 0 amide bonds. The summed E-state index contributed by atoms with van der Waals surface area (Å²) < 4.78 is 5.18. The summed E-state index contributed by atoms with van der Waals surface area (Å²) in [4.78, 5) is 2.37. The first-order valence-corrected chi connectivity index (χ1v) is 6.91. The Morgan fingerprint density at radius 1 is 1.42 bits per heavy atom. The largest absolute Gasteiger partial charge is 0.497 e. The number of benzene rings is 1. The molecule has 1 aromatic rings. The lowest BCUT2D eigenvalue weighted by molar-refractivity contribution is 0.0181. The van der Waals surface area contributed by atoms with Crippen LogP contribution in [0.1, 0.15) is 24.9 Å². The fourth-order valence-electron chi connectivity index (χ4n) is 2.77.